The molecule has 2 aliphatic rings. The topological polar surface area (TPSA) is 102 Å². The van der Waals surface area contributed by atoms with E-state index in [1.54, 1.807) is 0 Å². The summed E-state index contributed by atoms with van der Waals surface area (Å²) >= 11 is 1.41. The van der Waals surface area contributed by atoms with E-state index in [2.05, 4.69) is 19.6 Å². The van der Waals surface area contributed by atoms with Gasteiger partial charge in [0.05, 0.1) is 6.54 Å². The third-order valence-corrected chi connectivity index (χ3v) is 6.14. The van der Waals surface area contributed by atoms with Gasteiger partial charge in [-0.15, -0.1) is 0 Å². The quantitative estimate of drug-likeness (QED) is 0.740. The number of nitrogens with zero attached hydrogens (tertiary/aromatic N) is 5. The van der Waals surface area contributed by atoms with Crippen LogP contribution in [0.15, 0.2) is 0 Å². The highest BCUT2D eigenvalue weighted by Crippen LogP contribution is 2.26. The van der Waals surface area contributed by atoms with Crippen LogP contribution in [0, 0.1) is 6.92 Å². The van der Waals surface area contributed by atoms with Gasteiger partial charge in [0.25, 0.3) is 0 Å². The number of carboxylic acids is 1. The van der Waals surface area contributed by atoms with Crippen molar-refractivity contribution in [2.45, 2.75) is 45.2 Å². The highest BCUT2D eigenvalue weighted by molar-refractivity contribution is 7.09. The number of aryl methyl sites for hydroxylation is 1. The van der Waals surface area contributed by atoms with E-state index in [1.165, 1.54) is 11.5 Å². The van der Waals surface area contributed by atoms with E-state index in [0.717, 1.165) is 49.9 Å². The molecule has 3 rings (SSSR count). The number of rotatable bonds is 6. The molecule has 0 aromatic carbocycles. The van der Waals surface area contributed by atoms with Gasteiger partial charge >= 0.3 is 12.0 Å². The molecule has 2 heterocycles. The van der Waals surface area contributed by atoms with E-state index in [9.17, 15) is 9.59 Å². The molecule has 0 radical (unpaired) electrons. The first kappa shape index (κ1) is 19.8. The van der Waals surface area contributed by atoms with Gasteiger partial charge in [0.15, 0.2) is 0 Å². The van der Waals surface area contributed by atoms with E-state index < -0.39 is 5.97 Å². The lowest BCUT2D eigenvalue weighted by Crippen LogP contribution is -2.57. The van der Waals surface area contributed by atoms with Crippen LogP contribution in [0.2, 0.25) is 0 Å². The molecular weight excluding hydrogens is 368 g/mol. The molecule has 1 aromatic rings. The minimum Gasteiger partial charge on any atom is -0.480 e. The van der Waals surface area contributed by atoms with Crippen molar-refractivity contribution >= 4 is 28.7 Å². The maximum absolute atomic E-state index is 12.6. The first-order valence-corrected chi connectivity index (χ1v) is 10.3. The van der Waals surface area contributed by atoms with Gasteiger partial charge in [-0.1, -0.05) is 6.92 Å². The second kappa shape index (κ2) is 8.83. The summed E-state index contributed by atoms with van der Waals surface area (Å²) in [6, 6.07) is 0.363. The summed E-state index contributed by atoms with van der Waals surface area (Å²) in [4.78, 5) is 34.0. The van der Waals surface area contributed by atoms with Crippen LogP contribution in [0.25, 0.3) is 0 Å². The van der Waals surface area contributed by atoms with Crippen LogP contribution in [0.1, 0.15) is 32.0 Å². The molecule has 1 saturated heterocycles. The summed E-state index contributed by atoms with van der Waals surface area (Å²) in [5.41, 5.74) is 0. The number of aliphatic carboxylic acids is 1. The van der Waals surface area contributed by atoms with Crippen molar-refractivity contribution < 1.29 is 14.7 Å². The molecule has 0 atom stereocenters. The Bertz CT molecular complexity index is 663. The summed E-state index contributed by atoms with van der Waals surface area (Å²) in [6.45, 7) is 7.68. The molecule has 1 aromatic heterocycles. The third kappa shape index (κ3) is 5.07. The predicted molar refractivity (Wildman–Crippen MR) is 103 cm³/mol. The lowest BCUT2D eigenvalue weighted by atomic mass is 9.85. The van der Waals surface area contributed by atoms with Crippen molar-refractivity contribution in [2.75, 3.05) is 44.2 Å². The molecule has 2 amide bonds. The van der Waals surface area contributed by atoms with Crippen LogP contribution in [-0.2, 0) is 4.79 Å². The predicted octanol–water partition coefficient (Wildman–Crippen LogP) is 1.01. The Balaban J connectivity index is 1.43. The molecule has 0 spiro atoms. The van der Waals surface area contributed by atoms with Crippen LogP contribution in [0.5, 0.6) is 0 Å². The average molecular weight is 397 g/mol. The van der Waals surface area contributed by atoms with Crippen LogP contribution in [-0.4, -0.2) is 87.6 Å². The molecule has 10 heteroatoms. The fourth-order valence-corrected chi connectivity index (χ4v) is 4.39. The Morgan fingerprint density at radius 2 is 2.07 bits per heavy atom. The van der Waals surface area contributed by atoms with Crippen molar-refractivity contribution in [3.8, 4) is 0 Å². The Labute approximate surface area is 163 Å². The van der Waals surface area contributed by atoms with E-state index in [4.69, 9.17) is 5.11 Å². The third-order valence-electron chi connectivity index (χ3n) is 5.27. The summed E-state index contributed by atoms with van der Waals surface area (Å²) in [6.07, 6.45) is 2.54. The zero-order valence-corrected chi connectivity index (χ0v) is 16.7. The Hall–Kier alpha value is -1.94. The van der Waals surface area contributed by atoms with Gasteiger partial charge < -0.3 is 20.2 Å². The van der Waals surface area contributed by atoms with Gasteiger partial charge in [0.1, 0.15) is 5.82 Å². The van der Waals surface area contributed by atoms with E-state index in [0.29, 0.717) is 13.1 Å². The fourth-order valence-electron chi connectivity index (χ4n) is 3.67. The molecule has 0 unspecified atom stereocenters. The van der Waals surface area contributed by atoms with Crippen molar-refractivity contribution in [1.29, 1.82) is 0 Å². The highest BCUT2D eigenvalue weighted by atomic mass is 32.1. The number of hydrogen-bond acceptors (Lipinski definition) is 7. The van der Waals surface area contributed by atoms with Crippen LogP contribution >= 0.6 is 11.5 Å². The van der Waals surface area contributed by atoms with Crippen LogP contribution < -0.4 is 10.2 Å². The van der Waals surface area contributed by atoms with Gasteiger partial charge in [-0.2, -0.15) is 4.37 Å². The van der Waals surface area contributed by atoms with Gasteiger partial charge in [0, 0.05) is 49.8 Å². The Morgan fingerprint density at radius 1 is 1.30 bits per heavy atom. The number of anilines is 1. The molecule has 150 valence electrons. The fraction of sp³-hybridized carbons (Fsp3) is 0.765. The van der Waals surface area contributed by atoms with Gasteiger partial charge in [0.2, 0.25) is 5.13 Å². The minimum atomic E-state index is -0.802. The number of carbonyl (C=O) groups excluding carboxylic acids is 1. The minimum absolute atomic E-state index is 0.0185. The summed E-state index contributed by atoms with van der Waals surface area (Å²) in [7, 11) is 0. The molecular formula is C17H28N6O3S. The molecule has 2 N–H and O–H groups in total. The maximum atomic E-state index is 12.6. The molecule has 1 saturated carbocycles. The first-order chi connectivity index (χ1) is 13.0. The average Bonchev–Trinajstić information content (AvgIpc) is 2.88. The monoisotopic (exact) mass is 396 g/mol. The van der Waals surface area contributed by atoms with Crippen molar-refractivity contribution in [2.24, 2.45) is 0 Å². The highest BCUT2D eigenvalue weighted by Gasteiger charge is 2.35. The number of likely N-dealkylation sites (N-methyl/N-ethyl adjacent to an activating group) is 1. The van der Waals surface area contributed by atoms with Gasteiger partial charge in [-0.05, 0) is 32.7 Å². The zero-order chi connectivity index (χ0) is 19.4. The standard InChI is InChI=1S/C17H28N6O3S/c1-3-21(11-15(24)25)14-9-13(10-14)19-16(26)22-5-4-6-23(8-7-22)17-18-12(2)20-27-17/h13-14H,3-11H2,1-2H3,(H,19,26)(H,24,25). The lowest BCUT2D eigenvalue weighted by Gasteiger charge is -2.42. The number of carboxylic acid groups (broad SMARTS) is 1. The molecule has 27 heavy (non-hydrogen) atoms. The smallest absolute Gasteiger partial charge is 0.317 e. The Morgan fingerprint density at radius 3 is 2.70 bits per heavy atom. The largest absolute Gasteiger partial charge is 0.480 e. The number of hydrogen-bond donors (Lipinski definition) is 2. The summed E-state index contributed by atoms with van der Waals surface area (Å²) in [5, 5.41) is 13.0. The van der Waals surface area contributed by atoms with Gasteiger partial charge in [-0.3, -0.25) is 9.69 Å². The number of nitrogens with one attached hydrogen (secondary N) is 1. The maximum Gasteiger partial charge on any atom is 0.317 e. The van der Waals surface area contributed by atoms with E-state index in [-0.39, 0.29) is 24.7 Å². The number of carbonyl (C=O) groups is 2. The van der Waals surface area contributed by atoms with Crippen LogP contribution in [0.3, 0.4) is 0 Å². The Kier molecular flexibility index (Phi) is 6.48. The number of amides is 2. The molecule has 9 nitrogen and oxygen atoms in total. The second-order valence-electron chi connectivity index (χ2n) is 7.18. The van der Waals surface area contributed by atoms with E-state index >= 15 is 0 Å². The number of urea groups is 1. The van der Waals surface area contributed by atoms with E-state index in [1.807, 2.05) is 23.6 Å². The second-order valence-corrected chi connectivity index (χ2v) is 7.91. The van der Waals surface area contributed by atoms with Crippen molar-refractivity contribution in [3.05, 3.63) is 5.82 Å². The zero-order valence-electron chi connectivity index (χ0n) is 15.9. The van der Waals surface area contributed by atoms with Gasteiger partial charge in [-0.25, -0.2) is 9.78 Å². The summed E-state index contributed by atoms with van der Waals surface area (Å²) < 4.78 is 4.24. The summed E-state index contributed by atoms with van der Waals surface area (Å²) in [5.74, 6) is -0.0125. The van der Waals surface area contributed by atoms with Crippen molar-refractivity contribution in [1.82, 2.24) is 24.5 Å². The van der Waals surface area contributed by atoms with Crippen molar-refractivity contribution in [3.63, 3.8) is 0 Å². The first-order valence-electron chi connectivity index (χ1n) is 9.52. The normalized spacial score (nSPS) is 23.1. The molecule has 0 bridgehead atoms. The number of aromatic nitrogens is 2. The molecule has 2 fully saturated rings. The van der Waals surface area contributed by atoms with Crippen LogP contribution in [0.4, 0.5) is 9.93 Å². The SMILES string of the molecule is CCN(CC(=O)O)C1CC(NC(=O)N2CCCN(c3nc(C)ns3)CC2)C1. The molecule has 1 aliphatic carbocycles. The molecule has 1 aliphatic heterocycles. The lowest BCUT2D eigenvalue weighted by molar-refractivity contribution is -0.139.